The lowest BCUT2D eigenvalue weighted by atomic mass is 9.82. The van der Waals surface area contributed by atoms with Crippen molar-refractivity contribution < 1.29 is 9.47 Å². The van der Waals surface area contributed by atoms with E-state index >= 15 is 0 Å². The summed E-state index contributed by atoms with van der Waals surface area (Å²) in [5.74, 6) is 5.91. The molecule has 20 heavy (non-hydrogen) atoms. The van der Waals surface area contributed by atoms with Gasteiger partial charge in [-0.1, -0.05) is 25.7 Å². The van der Waals surface area contributed by atoms with E-state index in [0.717, 1.165) is 47.7 Å². The largest absolute Gasteiger partial charge is 0.369 e. The molecule has 0 radical (unpaired) electrons. The highest BCUT2D eigenvalue weighted by Gasteiger charge is 2.63. The topological polar surface area (TPSA) is 25.1 Å². The van der Waals surface area contributed by atoms with Gasteiger partial charge in [0.15, 0.2) is 0 Å². The van der Waals surface area contributed by atoms with E-state index < -0.39 is 0 Å². The number of hydrogen-bond acceptors (Lipinski definition) is 2. The summed E-state index contributed by atoms with van der Waals surface area (Å²) >= 11 is 0. The lowest BCUT2D eigenvalue weighted by Crippen LogP contribution is -2.19. The highest BCUT2D eigenvalue weighted by atomic mass is 16.6. The molecule has 0 spiro atoms. The molecule has 0 N–H and O–H groups in total. The molecule has 6 rings (SSSR count). The zero-order valence-corrected chi connectivity index (χ0v) is 12.2. The summed E-state index contributed by atoms with van der Waals surface area (Å²) in [5, 5.41) is 0. The van der Waals surface area contributed by atoms with Crippen LogP contribution in [0.5, 0.6) is 0 Å². The lowest BCUT2D eigenvalue weighted by Gasteiger charge is -2.21. The van der Waals surface area contributed by atoms with Gasteiger partial charge in [-0.3, -0.25) is 0 Å². The standard InChI is InChI=1S/C18H26O2/c1(3-9-5-11-7-13(9)17-15(11)19-17)2-4-10-6-12-8-14(10)18-16(12)20-18/h9-18H,1-8H2/t9?,10?,11-,12+,13-,14+,15?,16?,17?,18?. The van der Waals surface area contributed by atoms with Crippen LogP contribution < -0.4 is 0 Å². The van der Waals surface area contributed by atoms with E-state index in [9.17, 15) is 0 Å². The lowest BCUT2D eigenvalue weighted by molar-refractivity contribution is 0.238. The van der Waals surface area contributed by atoms with E-state index in [4.69, 9.17) is 9.47 Å². The van der Waals surface area contributed by atoms with Crippen LogP contribution in [0.2, 0.25) is 0 Å². The van der Waals surface area contributed by atoms with Crippen LogP contribution >= 0.6 is 0 Å². The molecule has 4 bridgehead atoms. The number of rotatable bonds is 5. The molecule has 4 saturated carbocycles. The zero-order chi connectivity index (χ0) is 12.8. The van der Waals surface area contributed by atoms with Gasteiger partial charge < -0.3 is 9.47 Å². The van der Waals surface area contributed by atoms with Crippen LogP contribution in [0.3, 0.4) is 0 Å². The number of fused-ring (bicyclic) bond motifs is 10. The number of ether oxygens (including phenoxy) is 2. The molecule has 6 fully saturated rings. The van der Waals surface area contributed by atoms with Gasteiger partial charge in [-0.25, -0.2) is 0 Å². The van der Waals surface area contributed by atoms with Gasteiger partial charge in [-0.15, -0.1) is 0 Å². The van der Waals surface area contributed by atoms with Crippen molar-refractivity contribution in [2.75, 3.05) is 0 Å². The van der Waals surface area contributed by atoms with Crippen LogP contribution in [-0.2, 0) is 9.47 Å². The van der Waals surface area contributed by atoms with Crippen molar-refractivity contribution in [2.45, 2.75) is 75.8 Å². The minimum atomic E-state index is 0.716. The van der Waals surface area contributed by atoms with E-state index in [2.05, 4.69) is 0 Å². The van der Waals surface area contributed by atoms with E-state index in [0.29, 0.717) is 12.2 Å². The second-order valence-corrected chi connectivity index (χ2v) is 8.73. The normalized spacial score (nSPS) is 63.6. The maximum atomic E-state index is 5.79. The Bertz CT molecular complexity index is 395. The van der Waals surface area contributed by atoms with Crippen LogP contribution in [0.15, 0.2) is 0 Å². The molecule has 2 nitrogen and oxygen atoms in total. The summed E-state index contributed by atoms with van der Waals surface area (Å²) in [6.45, 7) is 0. The van der Waals surface area contributed by atoms with Crippen LogP contribution in [0.1, 0.15) is 51.4 Å². The Labute approximate surface area is 121 Å². The van der Waals surface area contributed by atoms with Gasteiger partial charge in [0.2, 0.25) is 0 Å². The van der Waals surface area contributed by atoms with Crippen molar-refractivity contribution in [3.8, 4) is 0 Å². The highest BCUT2D eigenvalue weighted by Crippen LogP contribution is 2.61. The highest BCUT2D eigenvalue weighted by molar-refractivity contribution is 5.11. The molecule has 0 amide bonds. The molecule has 2 saturated heterocycles. The molecule has 2 aliphatic heterocycles. The first-order valence-electron chi connectivity index (χ1n) is 9.19. The van der Waals surface area contributed by atoms with Gasteiger partial charge in [0.05, 0.1) is 24.4 Å². The Kier molecular flexibility index (Phi) is 2.19. The molecule has 2 heterocycles. The van der Waals surface area contributed by atoms with Gasteiger partial charge in [0.1, 0.15) is 0 Å². The first kappa shape index (κ1) is 11.5. The monoisotopic (exact) mass is 274 g/mol. The summed E-state index contributed by atoms with van der Waals surface area (Å²) < 4.78 is 11.6. The molecule has 0 aromatic rings. The van der Waals surface area contributed by atoms with E-state index in [1.807, 2.05) is 0 Å². The molecule has 2 heteroatoms. The second kappa shape index (κ2) is 3.81. The quantitative estimate of drug-likeness (QED) is 0.567. The SMILES string of the molecule is C(CCC1C[C@H]2C[C@@H]1C1OC12)CC1C[C@@H]2C[C@H]1C1OC12. The Balaban J connectivity index is 0.978. The molecule has 0 aromatic carbocycles. The molecular weight excluding hydrogens is 248 g/mol. The maximum absolute atomic E-state index is 5.79. The molecule has 6 unspecified atom stereocenters. The minimum absolute atomic E-state index is 0.716. The molecule has 0 aromatic heterocycles. The Morgan fingerprint density at radius 2 is 1.10 bits per heavy atom. The van der Waals surface area contributed by atoms with Gasteiger partial charge in [-0.05, 0) is 61.2 Å². The molecule has 10 atom stereocenters. The average molecular weight is 274 g/mol. The molecule has 6 aliphatic rings. The zero-order valence-electron chi connectivity index (χ0n) is 12.2. The molecule has 4 aliphatic carbocycles. The predicted octanol–water partition coefficient (Wildman–Crippen LogP) is 3.39. The minimum Gasteiger partial charge on any atom is -0.369 e. The fraction of sp³-hybridized carbons (Fsp3) is 1.00. The van der Waals surface area contributed by atoms with Crippen LogP contribution in [0.25, 0.3) is 0 Å². The van der Waals surface area contributed by atoms with Crippen molar-refractivity contribution in [2.24, 2.45) is 35.5 Å². The van der Waals surface area contributed by atoms with Gasteiger partial charge in [0.25, 0.3) is 0 Å². The van der Waals surface area contributed by atoms with Gasteiger partial charge >= 0.3 is 0 Å². The number of unbranched alkanes of at least 4 members (excludes halogenated alkanes) is 1. The fourth-order valence-electron chi connectivity index (χ4n) is 6.94. The first-order chi connectivity index (χ1) is 9.88. The van der Waals surface area contributed by atoms with E-state index in [-0.39, 0.29) is 0 Å². The summed E-state index contributed by atoms with van der Waals surface area (Å²) in [4.78, 5) is 0. The Morgan fingerprint density at radius 1 is 0.600 bits per heavy atom. The third-order valence-corrected chi connectivity index (χ3v) is 7.87. The van der Waals surface area contributed by atoms with Crippen molar-refractivity contribution >= 4 is 0 Å². The summed E-state index contributed by atoms with van der Waals surface area (Å²) in [6, 6.07) is 0. The smallest absolute Gasteiger partial charge is 0.0875 e. The van der Waals surface area contributed by atoms with Crippen molar-refractivity contribution in [1.82, 2.24) is 0 Å². The average Bonchev–Trinajstić information content (AvgIpc) is 3.30. The van der Waals surface area contributed by atoms with Gasteiger partial charge in [-0.2, -0.15) is 0 Å². The third kappa shape index (κ3) is 1.48. The predicted molar refractivity (Wildman–Crippen MR) is 75.2 cm³/mol. The maximum Gasteiger partial charge on any atom is 0.0875 e. The van der Waals surface area contributed by atoms with Crippen molar-refractivity contribution in [3.63, 3.8) is 0 Å². The second-order valence-electron chi connectivity index (χ2n) is 8.73. The number of hydrogen-bond donors (Lipinski definition) is 0. The molecule has 110 valence electrons. The van der Waals surface area contributed by atoms with Gasteiger partial charge in [0, 0.05) is 0 Å². The van der Waals surface area contributed by atoms with Crippen molar-refractivity contribution in [1.29, 1.82) is 0 Å². The summed E-state index contributed by atoms with van der Waals surface area (Å²) in [6.07, 6.45) is 14.8. The van der Waals surface area contributed by atoms with Crippen LogP contribution in [0, 0.1) is 35.5 Å². The first-order valence-corrected chi connectivity index (χ1v) is 9.19. The Morgan fingerprint density at radius 3 is 1.50 bits per heavy atom. The van der Waals surface area contributed by atoms with Crippen molar-refractivity contribution in [3.05, 3.63) is 0 Å². The van der Waals surface area contributed by atoms with E-state index in [1.54, 1.807) is 0 Å². The third-order valence-electron chi connectivity index (χ3n) is 7.87. The van der Waals surface area contributed by atoms with Crippen LogP contribution in [-0.4, -0.2) is 24.4 Å². The summed E-state index contributed by atoms with van der Waals surface area (Å²) in [5.41, 5.74) is 0. The molecular formula is C18H26O2. The Hall–Kier alpha value is -0.0800. The number of epoxide rings is 2. The fourth-order valence-corrected chi connectivity index (χ4v) is 6.94. The van der Waals surface area contributed by atoms with E-state index in [1.165, 1.54) is 51.4 Å². The van der Waals surface area contributed by atoms with Crippen LogP contribution in [0.4, 0.5) is 0 Å². The summed E-state index contributed by atoms with van der Waals surface area (Å²) in [7, 11) is 0.